The van der Waals surface area contributed by atoms with Crippen molar-refractivity contribution in [1.29, 1.82) is 0 Å². The summed E-state index contributed by atoms with van der Waals surface area (Å²) in [5.41, 5.74) is 0.877. The first-order valence-corrected chi connectivity index (χ1v) is 8.98. The average Bonchev–Trinajstić information content (AvgIpc) is 3.22. The van der Waals surface area contributed by atoms with E-state index >= 15 is 0 Å². The number of benzene rings is 1. The zero-order valence-electron chi connectivity index (χ0n) is 14.2. The third kappa shape index (κ3) is 3.79. The van der Waals surface area contributed by atoms with Gasteiger partial charge in [-0.3, -0.25) is 14.9 Å². The van der Waals surface area contributed by atoms with Gasteiger partial charge in [-0.25, -0.2) is 0 Å². The van der Waals surface area contributed by atoms with E-state index in [0.717, 1.165) is 17.0 Å². The molecule has 1 fully saturated rings. The number of carbonyl (C=O) groups is 2. The van der Waals surface area contributed by atoms with Crippen molar-refractivity contribution in [3.05, 3.63) is 34.8 Å². The molecule has 1 aromatic carbocycles. The van der Waals surface area contributed by atoms with Gasteiger partial charge in [-0.05, 0) is 18.9 Å². The fourth-order valence-corrected chi connectivity index (χ4v) is 3.54. The van der Waals surface area contributed by atoms with Crippen LogP contribution in [0, 0.1) is 0 Å². The summed E-state index contributed by atoms with van der Waals surface area (Å²) in [6.45, 7) is 2.33. The highest BCUT2D eigenvalue weighted by Gasteiger charge is 2.36. The van der Waals surface area contributed by atoms with Gasteiger partial charge in [0, 0.05) is 12.0 Å². The molecule has 0 radical (unpaired) electrons. The zero-order valence-corrected chi connectivity index (χ0v) is 15.0. The number of para-hydroxylation sites is 1. The minimum atomic E-state index is -0.508. The van der Waals surface area contributed by atoms with Gasteiger partial charge < -0.3 is 9.64 Å². The smallest absolute Gasteiger partial charge is 0.249 e. The maximum absolute atomic E-state index is 12.6. The Kier molecular flexibility index (Phi) is 5.28. The first kappa shape index (κ1) is 17.3. The fraction of sp³-hybridized carbons (Fsp3) is 0.412. The summed E-state index contributed by atoms with van der Waals surface area (Å²) in [5, 5.41) is 12.1. The molecule has 2 heterocycles. The topological polar surface area (TPSA) is 84.4 Å². The number of carbonyl (C=O) groups excluding carboxylic acids is 2. The molecule has 1 aliphatic heterocycles. The highest BCUT2D eigenvalue weighted by Crippen LogP contribution is 2.27. The average molecular weight is 360 g/mol. The van der Waals surface area contributed by atoms with Crippen LogP contribution in [0.25, 0.3) is 0 Å². The van der Waals surface area contributed by atoms with Gasteiger partial charge in [0.2, 0.25) is 16.9 Å². The van der Waals surface area contributed by atoms with E-state index in [2.05, 4.69) is 15.5 Å². The number of hydrogen-bond donors (Lipinski definition) is 1. The summed E-state index contributed by atoms with van der Waals surface area (Å²) < 4.78 is 5.34. The number of nitrogens with one attached hydrogen (secondary N) is 1. The lowest BCUT2D eigenvalue weighted by Gasteiger charge is -2.24. The van der Waals surface area contributed by atoms with Crippen molar-refractivity contribution in [1.82, 2.24) is 15.1 Å². The molecule has 2 amide bonds. The molecule has 1 saturated heterocycles. The van der Waals surface area contributed by atoms with E-state index in [1.165, 1.54) is 11.3 Å². The Bertz CT molecular complexity index is 777. The van der Waals surface area contributed by atoms with E-state index in [1.54, 1.807) is 12.0 Å². The van der Waals surface area contributed by atoms with Crippen LogP contribution in [0.15, 0.2) is 24.3 Å². The number of aryl methyl sites for hydroxylation is 1. The third-order valence-corrected chi connectivity index (χ3v) is 5.15. The zero-order chi connectivity index (χ0) is 17.8. The molecule has 0 aliphatic carbocycles. The maximum Gasteiger partial charge on any atom is 0.249 e. The highest BCUT2D eigenvalue weighted by molar-refractivity contribution is 7.15. The highest BCUT2D eigenvalue weighted by atomic mass is 32.1. The monoisotopic (exact) mass is 360 g/mol. The molecule has 8 heteroatoms. The Balaban J connectivity index is 1.73. The molecule has 1 atom stereocenters. The van der Waals surface area contributed by atoms with Gasteiger partial charge in [-0.1, -0.05) is 36.5 Å². The molecule has 0 unspecified atom stereocenters. The van der Waals surface area contributed by atoms with Gasteiger partial charge >= 0.3 is 0 Å². The number of hydrogen-bond acceptors (Lipinski definition) is 6. The first-order valence-electron chi connectivity index (χ1n) is 8.17. The second-order valence-electron chi connectivity index (χ2n) is 5.73. The third-order valence-electron chi connectivity index (χ3n) is 4.16. The number of amides is 2. The predicted octanol–water partition coefficient (Wildman–Crippen LogP) is 2.24. The summed E-state index contributed by atoms with van der Waals surface area (Å²) in [5.74, 6) is 0.454. The van der Waals surface area contributed by atoms with Gasteiger partial charge in [-0.15, -0.1) is 10.2 Å². The molecule has 1 aromatic heterocycles. The van der Waals surface area contributed by atoms with Gasteiger partial charge in [0.25, 0.3) is 0 Å². The van der Waals surface area contributed by atoms with Gasteiger partial charge in [0.15, 0.2) is 0 Å². The summed E-state index contributed by atoms with van der Waals surface area (Å²) >= 11 is 1.35. The first-order chi connectivity index (χ1) is 12.1. The fourth-order valence-electron chi connectivity index (χ4n) is 2.86. The van der Waals surface area contributed by atoms with Gasteiger partial charge in [-0.2, -0.15) is 0 Å². The summed E-state index contributed by atoms with van der Waals surface area (Å²) in [6, 6.07) is 7.00. The predicted molar refractivity (Wildman–Crippen MR) is 94.5 cm³/mol. The Morgan fingerprint density at radius 3 is 2.92 bits per heavy atom. The van der Waals surface area contributed by atoms with Crippen LogP contribution in [-0.2, 0) is 22.6 Å². The molecule has 1 N–H and O–H groups in total. The van der Waals surface area contributed by atoms with Crippen LogP contribution in [0.5, 0.6) is 5.75 Å². The van der Waals surface area contributed by atoms with Gasteiger partial charge in [0.1, 0.15) is 16.8 Å². The van der Waals surface area contributed by atoms with Crippen LogP contribution >= 0.6 is 11.3 Å². The van der Waals surface area contributed by atoms with E-state index in [1.807, 2.05) is 31.2 Å². The quantitative estimate of drug-likeness (QED) is 0.854. The molecule has 7 nitrogen and oxygen atoms in total. The summed E-state index contributed by atoms with van der Waals surface area (Å²) in [4.78, 5) is 26.5. The van der Waals surface area contributed by atoms with Crippen molar-refractivity contribution in [3.63, 3.8) is 0 Å². The normalized spacial score (nSPS) is 17.0. The van der Waals surface area contributed by atoms with Crippen molar-refractivity contribution >= 4 is 28.3 Å². The molecule has 25 heavy (non-hydrogen) atoms. The number of likely N-dealkylation sites (tertiary alicyclic amines) is 1. The van der Waals surface area contributed by atoms with E-state index in [9.17, 15) is 9.59 Å². The SMILES string of the molecule is CCc1nnc(NC(=O)[C@@H]2CCC(=O)N2Cc2ccccc2OC)s1. The largest absolute Gasteiger partial charge is 0.496 e. The van der Waals surface area contributed by atoms with E-state index in [4.69, 9.17) is 4.74 Å². The molecule has 0 saturated carbocycles. The van der Waals surface area contributed by atoms with Gasteiger partial charge in [0.05, 0.1) is 13.7 Å². The molecule has 2 aromatic rings. The lowest BCUT2D eigenvalue weighted by Crippen LogP contribution is -2.41. The molecular weight excluding hydrogens is 340 g/mol. The molecule has 0 bridgehead atoms. The lowest BCUT2D eigenvalue weighted by molar-refractivity contribution is -0.133. The number of anilines is 1. The van der Waals surface area contributed by atoms with Crippen LogP contribution in [0.4, 0.5) is 5.13 Å². The minimum absolute atomic E-state index is 0.0300. The van der Waals surface area contributed by atoms with Crippen molar-refractivity contribution in [2.24, 2.45) is 0 Å². The second kappa shape index (κ2) is 7.60. The Morgan fingerprint density at radius 1 is 1.40 bits per heavy atom. The number of aromatic nitrogens is 2. The van der Waals surface area contributed by atoms with Crippen LogP contribution in [0.1, 0.15) is 30.3 Å². The Hall–Kier alpha value is -2.48. The molecule has 1 aliphatic rings. The van der Waals surface area contributed by atoms with Crippen molar-refractivity contribution in [2.75, 3.05) is 12.4 Å². The van der Waals surface area contributed by atoms with E-state index < -0.39 is 6.04 Å². The summed E-state index contributed by atoms with van der Waals surface area (Å²) in [6.07, 6.45) is 1.64. The summed E-state index contributed by atoms with van der Waals surface area (Å²) in [7, 11) is 1.59. The van der Waals surface area contributed by atoms with Crippen LogP contribution < -0.4 is 10.1 Å². The van der Waals surface area contributed by atoms with Crippen LogP contribution in [0.2, 0.25) is 0 Å². The molecular formula is C17H20N4O3S. The Labute approximate surface area is 150 Å². The number of rotatable bonds is 6. The van der Waals surface area contributed by atoms with Crippen LogP contribution in [-0.4, -0.2) is 40.1 Å². The van der Waals surface area contributed by atoms with E-state index in [-0.39, 0.29) is 11.8 Å². The minimum Gasteiger partial charge on any atom is -0.496 e. The Morgan fingerprint density at radius 2 is 2.20 bits per heavy atom. The second-order valence-corrected chi connectivity index (χ2v) is 6.79. The number of ether oxygens (including phenoxy) is 1. The van der Waals surface area contributed by atoms with E-state index in [0.29, 0.717) is 30.3 Å². The van der Waals surface area contributed by atoms with Crippen molar-refractivity contribution in [3.8, 4) is 5.75 Å². The maximum atomic E-state index is 12.6. The molecule has 132 valence electrons. The number of nitrogens with zero attached hydrogens (tertiary/aromatic N) is 3. The van der Waals surface area contributed by atoms with Crippen LogP contribution in [0.3, 0.4) is 0 Å². The standard InChI is InChI=1S/C17H20N4O3S/c1-3-14-19-20-17(25-14)18-16(23)12-8-9-15(22)21(12)10-11-6-4-5-7-13(11)24-2/h4-7,12H,3,8-10H2,1-2H3,(H,18,20,23)/t12-/m0/s1. The molecule has 3 rings (SSSR count). The van der Waals surface area contributed by atoms with Crippen molar-refractivity contribution in [2.45, 2.75) is 38.8 Å². The molecule has 0 spiro atoms. The number of methoxy groups -OCH3 is 1. The lowest BCUT2D eigenvalue weighted by atomic mass is 10.1. The van der Waals surface area contributed by atoms with Crippen molar-refractivity contribution < 1.29 is 14.3 Å².